The van der Waals surface area contributed by atoms with Crippen molar-refractivity contribution in [2.45, 2.75) is 0 Å². The fourth-order valence-electron chi connectivity index (χ4n) is 0.875. The van der Waals surface area contributed by atoms with Crippen molar-refractivity contribution in [3.63, 3.8) is 0 Å². The molecule has 0 spiro atoms. The van der Waals surface area contributed by atoms with Crippen LogP contribution in [0.3, 0.4) is 0 Å². The monoisotopic (exact) mass is 290 g/mol. The lowest BCUT2D eigenvalue weighted by atomic mass is 10.3. The molecule has 0 unspecified atom stereocenters. The molecule has 80 valence electrons. The third-order valence-corrected chi connectivity index (χ3v) is 2.29. The molecule has 0 radical (unpaired) electrons. The van der Waals surface area contributed by atoms with Crippen molar-refractivity contribution in [3.8, 4) is 5.75 Å². The van der Waals surface area contributed by atoms with Crippen LogP contribution < -0.4 is 4.74 Å². The Labute approximate surface area is 100 Å². The molecule has 0 fully saturated rings. The summed E-state index contributed by atoms with van der Waals surface area (Å²) in [5.74, 6) is -0.486. The second kappa shape index (κ2) is 5.78. The maximum atomic E-state index is 10.2. The summed E-state index contributed by atoms with van der Waals surface area (Å²) < 4.78 is 6.11. The summed E-state index contributed by atoms with van der Waals surface area (Å²) in [7, 11) is 0. The lowest BCUT2D eigenvalue weighted by molar-refractivity contribution is -0.131. The molecule has 1 N–H and O–H groups in total. The summed E-state index contributed by atoms with van der Waals surface area (Å²) in [4.78, 5) is 10.2. The Bertz CT molecular complexity index is 390. The fourth-order valence-corrected chi connectivity index (χ4v) is 1.39. The molecular weight excluding hydrogens is 283 g/mol. The molecule has 0 bridgehead atoms. The first kappa shape index (κ1) is 12.1. The Morgan fingerprint density at radius 1 is 1.60 bits per heavy atom. The average molecular weight is 292 g/mol. The van der Waals surface area contributed by atoms with E-state index in [1.54, 1.807) is 18.2 Å². The Morgan fingerprint density at radius 2 is 2.33 bits per heavy atom. The van der Waals surface area contributed by atoms with E-state index < -0.39 is 5.97 Å². The van der Waals surface area contributed by atoms with Gasteiger partial charge in [0.15, 0.2) is 0 Å². The molecule has 1 aromatic carbocycles. The van der Waals surface area contributed by atoms with Gasteiger partial charge in [0, 0.05) is 10.5 Å². The van der Waals surface area contributed by atoms with E-state index in [1.165, 1.54) is 6.08 Å². The van der Waals surface area contributed by atoms with Crippen molar-refractivity contribution in [1.82, 2.24) is 0 Å². The average Bonchev–Trinajstić information content (AvgIpc) is 2.17. The second-order valence-electron chi connectivity index (χ2n) is 2.63. The lowest BCUT2D eigenvalue weighted by Gasteiger charge is -2.05. The molecule has 0 atom stereocenters. The van der Waals surface area contributed by atoms with Crippen molar-refractivity contribution >= 4 is 33.5 Å². The zero-order valence-electron chi connectivity index (χ0n) is 7.61. The first-order valence-corrected chi connectivity index (χ1v) is 5.24. The molecule has 0 amide bonds. The summed E-state index contributed by atoms with van der Waals surface area (Å²) in [5.41, 5.74) is 0. The third-order valence-electron chi connectivity index (χ3n) is 1.49. The highest BCUT2D eigenvalue weighted by molar-refractivity contribution is 9.10. The van der Waals surface area contributed by atoms with Crippen LogP contribution in [-0.2, 0) is 4.79 Å². The summed E-state index contributed by atoms with van der Waals surface area (Å²) in [6.07, 6.45) is 2.42. The van der Waals surface area contributed by atoms with E-state index in [2.05, 4.69) is 15.9 Å². The number of hydrogen-bond acceptors (Lipinski definition) is 2. The van der Waals surface area contributed by atoms with Gasteiger partial charge < -0.3 is 9.84 Å². The van der Waals surface area contributed by atoms with E-state index in [4.69, 9.17) is 21.4 Å². The highest BCUT2D eigenvalue weighted by atomic mass is 79.9. The summed E-state index contributed by atoms with van der Waals surface area (Å²) >= 11 is 9.13. The third kappa shape index (κ3) is 4.36. The van der Waals surface area contributed by atoms with Crippen molar-refractivity contribution in [3.05, 3.63) is 39.8 Å². The molecule has 0 aliphatic rings. The number of carboxylic acid groups (broad SMARTS) is 1. The molecule has 5 heteroatoms. The van der Waals surface area contributed by atoms with Gasteiger partial charge >= 0.3 is 5.97 Å². The van der Waals surface area contributed by atoms with Gasteiger partial charge in [0.05, 0.1) is 5.02 Å². The van der Waals surface area contributed by atoms with Gasteiger partial charge in [-0.3, -0.25) is 0 Å². The van der Waals surface area contributed by atoms with Gasteiger partial charge in [-0.05, 0) is 24.3 Å². The summed E-state index contributed by atoms with van der Waals surface area (Å²) in [6.45, 7) is 0.169. The predicted octanol–water partition coefficient (Wildman–Crippen LogP) is 3.12. The largest absolute Gasteiger partial charge is 0.488 e. The first-order valence-electron chi connectivity index (χ1n) is 4.07. The van der Waals surface area contributed by atoms with Gasteiger partial charge in [-0.1, -0.05) is 27.5 Å². The Hall–Kier alpha value is -1.000. The Morgan fingerprint density at radius 3 is 3.00 bits per heavy atom. The summed E-state index contributed by atoms with van der Waals surface area (Å²) in [5, 5.41) is 8.82. The number of hydrogen-bond donors (Lipinski definition) is 1. The van der Waals surface area contributed by atoms with Crippen LogP contribution in [0.2, 0.25) is 5.02 Å². The quantitative estimate of drug-likeness (QED) is 0.867. The summed E-state index contributed by atoms with van der Waals surface area (Å²) in [6, 6.07) is 5.21. The van der Waals surface area contributed by atoms with Gasteiger partial charge in [-0.25, -0.2) is 4.79 Å². The first-order chi connectivity index (χ1) is 7.09. The minimum Gasteiger partial charge on any atom is -0.488 e. The highest BCUT2D eigenvalue weighted by Gasteiger charge is 2.00. The number of carboxylic acids is 1. The number of benzene rings is 1. The molecule has 0 aliphatic carbocycles. The predicted molar refractivity (Wildman–Crippen MR) is 61.4 cm³/mol. The molecule has 0 saturated carbocycles. The van der Waals surface area contributed by atoms with Gasteiger partial charge in [0.1, 0.15) is 12.4 Å². The molecule has 15 heavy (non-hydrogen) atoms. The number of aliphatic carboxylic acids is 1. The molecule has 1 aromatic rings. The Balaban J connectivity index is 2.57. The molecule has 1 rings (SSSR count). The standard InChI is InChI=1S/C10H8BrClO3/c11-7-3-4-8(12)9(6-7)15-5-1-2-10(13)14/h1-4,6H,5H2,(H,13,14)/b2-1+. The molecule has 0 heterocycles. The maximum absolute atomic E-state index is 10.2. The minimum atomic E-state index is -1.00. The second-order valence-corrected chi connectivity index (χ2v) is 3.95. The molecule has 0 saturated heterocycles. The number of rotatable bonds is 4. The SMILES string of the molecule is O=C(O)/C=C/COc1cc(Br)ccc1Cl. The fraction of sp³-hybridized carbons (Fsp3) is 0.100. The zero-order chi connectivity index (χ0) is 11.3. The van der Waals surface area contributed by atoms with Gasteiger partial charge in [-0.15, -0.1) is 0 Å². The van der Waals surface area contributed by atoms with Crippen molar-refractivity contribution < 1.29 is 14.6 Å². The number of ether oxygens (including phenoxy) is 1. The van der Waals surface area contributed by atoms with Crippen LogP contribution in [0.15, 0.2) is 34.8 Å². The van der Waals surface area contributed by atoms with Crippen LogP contribution in [0.1, 0.15) is 0 Å². The lowest BCUT2D eigenvalue weighted by Crippen LogP contribution is -1.96. The van der Waals surface area contributed by atoms with Gasteiger partial charge in [-0.2, -0.15) is 0 Å². The van der Waals surface area contributed by atoms with Crippen molar-refractivity contribution in [2.24, 2.45) is 0 Å². The van der Waals surface area contributed by atoms with Crippen LogP contribution in [0, 0.1) is 0 Å². The highest BCUT2D eigenvalue weighted by Crippen LogP contribution is 2.27. The maximum Gasteiger partial charge on any atom is 0.328 e. The van der Waals surface area contributed by atoms with E-state index >= 15 is 0 Å². The minimum absolute atomic E-state index is 0.169. The molecule has 0 aromatic heterocycles. The van der Waals surface area contributed by atoms with Crippen LogP contribution in [0.5, 0.6) is 5.75 Å². The van der Waals surface area contributed by atoms with Crippen LogP contribution >= 0.6 is 27.5 Å². The van der Waals surface area contributed by atoms with Gasteiger partial charge in [0.2, 0.25) is 0 Å². The number of carbonyl (C=O) groups is 1. The van der Waals surface area contributed by atoms with Crippen LogP contribution in [-0.4, -0.2) is 17.7 Å². The zero-order valence-corrected chi connectivity index (χ0v) is 9.96. The number of halogens is 2. The smallest absolute Gasteiger partial charge is 0.328 e. The topological polar surface area (TPSA) is 46.5 Å². The molecular formula is C10H8BrClO3. The van der Waals surface area contributed by atoms with E-state index in [0.717, 1.165) is 10.5 Å². The van der Waals surface area contributed by atoms with E-state index in [1.807, 2.05) is 0 Å². The Kier molecular flexibility index (Phi) is 4.65. The van der Waals surface area contributed by atoms with E-state index in [0.29, 0.717) is 10.8 Å². The van der Waals surface area contributed by atoms with Crippen molar-refractivity contribution in [2.75, 3.05) is 6.61 Å². The van der Waals surface area contributed by atoms with Crippen molar-refractivity contribution in [1.29, 1.82) is 0 Å². The van der Waals surface area contributed by atoms with E-state index in [-0.39, 0.29) is 6.61 Å². The van der Waals surface area contributed by atoms with Gasteiger partial charge in [0.25, 0.3) is 0 Å². The van der Waals surface area contributed by atoms with Crippen LogP contribution in [0.25, 0.3) is 0 Å². The normalized spacial score (nSPS) is 10.5. The molecule has 0 aliphatic heterocycles. The molecule has 3 nitrogen and oxygen atoms in total. The van der Waals surface area contributed by atoms with Crippen LogP contribution in [0.4, 0.5) is 0 Å². The van der Waals surface area contributed by atoms with E-state index in [9.17, 15) is 4.79 Å².